The van der Waals surface area contributed by atoms with Crippen LogP contribution < -0.4 is 0 Å². The van der Waals surface area contributed by atoms with E-state index in [1.54, 1.807) is 0 Å². The van der Waals surface area contributed by atoms with Gasteiger partial charge in [0.15, 0.2) is 16.6 Å². The fourth-order valence-electron chi connectivity index (χ4n) is 4.10. The van der Waals surface area contributed by atoms with Crippen LogP contribution in [0.5, 0.6) is 0 Å². The van der Waals surface area contributed by atoms with Crippen LogP contribution in [0.15, 0.2) is 0 Å². The largest absolute Gasteiger partial charge is 0.437 e. The monoisotopic (exact) mass is 344 g/mol. The van der Waals surface area contributed by atoms with Crippen molar-refractivity contribution in [2.75, 3.05) is 0 Å². The minimum atomic E-state index is -1.99. The lowest BCUT2D eigenvalue weighted by atomic mass is 9.87. The first kappa shape index (κ1) is 17.9. The van der Waals surface area contributed by atoms with E-state index in [0.29, 0.717) is 0 Å². The minimum Gasteiger partial charge on any atom is -0.437 e. The van der Waals surface area contributed by atoms with Crippen LogP contribution in [0.25, 0.3) is 0 Å². The maximum absolute atomic E-state index is 6.62. The van der Waals surface area contributed by atoms with E-state index < -0.39 is 25.2 Å². The van der Waals surface area contributed by atoms with Crippen molar-refractivity contribution in [1.82, 2.24) is 0 Å². The van der Waals surface area contributed by atoms with Gasteiger partial charge >= 0.3 is 8.56 Å². The molecule has 2 rings (SSSR count). The molecule has 3 atom stereocenters. The molecule has 0 heterocycles. The van der Waals surface area contributed by atoms with E-state index in [-0.39, 0.29) is 0 Å². The molecule has 21 heavy (non-hydrogen) atoms. The summed E-state index contributed by atoms with van der Waals surface area (Å²) in [6.45, 7) is 16.2. The smallest absolute Gasteiger partial charge is 0.314 e. The van der Waals surface area contributed by atoms with E-state index in [9.17, 15) is 0 Å². The molecular weight excluding hydrogens is 308 g/mol. The van der Waals surface area contributed by atoms with Crippen LogP contribution in [-0.4, -0.2) is 25.2 Å². The number of hydrogen-bond acceptors (Lipinski definition) is 2. The summed E-state index contributed by atoms with van der Waals surface area (Å²) in [4.78, 5) is 0. The van der Waals surface area contributed by atoms with Crippen LogP contribution in [0.2, 0.25) is 51.9 Å². The summed E-state index contributed by atoms with van der Waals surface area (Å²) in [7, 11) is -5.04. The van der Waals surface area contributed by atoms with Crippen molar-refractivity contribution >= 4 is 25.2 Å². The average Bonchev–Trinajstić information content (AvgIpc) is 2.98. The van der Waals surface area contributed by atoms with Crippen LogP contribution in [0.4, 0.5) is 0 Å². The van der Waals surface area contributed by atoms with Gasteiger partial charge in [-0.05, 0) is 95.3 Å². The van der Waals surface area contributed by atoms with Crippen molar-refractivity contribution < 1.29 is 8.23 Å². The maximum atomic E-state index is 6.62. The molecule has 2 saturated carbocycles. The second-order valence-corrected chi connectivity index (χ2v) is 22.4. The topological polar surface area (TPSA) is 18.5 Å². The van der Waals surface area contributed by atoms with Crippen LogP contribution in [0, 0.1) is 17.8 Å². The molecule has 0 amide bonds. The van der Waals surface area contributed by atoms with Gasteiger partial charge in [0.25, 0.3) is 0 Å². The van der Waals surface area contributed by atoms with Gasteiger partial charge in [-0.25, -0.2) is 0 Å². The highest BCUT2D eigenvalue weighted by Crippen LogP contribution is 2.52. The van der Waals surface area contributed by atoms with Crippen molar-refractivity contribution in [3.63, 3.8) is 0 Å². The summed E-state index contributed by atoms with van der Waals surface area (Å²) >= 11 is 0. The molecule has 0 aromatic rings. The van der Waals surface area contributed by atoms with Gasteiger partial charge in [0.05, 0.1) is 0 Å². The van der Waals surface area contributed by atoms with E-state index in [2.05, 4.69) is 45.8 Å². The van der Waals surface area contributed by atoms with Gasteiger partial charge in [-0.3, -0.25) is 0 Å². The Balaban J connectivity index is 1.91. The molecule has 0 spiro atoms. The first-order chi connectivity index (χ1) is 9.46. The van der Waals surface area contributed by atoms with Crippen molar-refractivity contribution in [2.45, 2.75) is 84.0 Å². The highest BCUT2D eigenvalue weighted by Gasteiger charge is 2.44. The SMILES string of the molecule is C[Si](C)(C)O[Si](C)(CCC1CCC2CC2C1)O[Si](C)(C)C. The van der Waals surface area contributed by atoms with Gasteiger partial charge in [-0.2, -0.15) is 0 Å². The third-order valence-electron chi connectivity index (χ3n) is 4.70. The lowest BCUT2D eigenvalue weighted by Crippen LogP contribution is -2.52. The summed E-state index contributed by atoms with van der Waals surface area (Å²) in [5.41, 5.74) is 0. The highest BCUT2D eigenvalue weighted by atomic mass is 28.5. The standard InChI is InChI=1S/C16H36O2Si3/c1-19(2,3)17-21(7,18-20(4,5)6)11-10-14-8-9-15-13-16(15)12-14/h14-16H,8-13H2,1-7H3. The predicted octanol–water partition coefficient (Wildman–Crippen LogP) is 5.59. The third-order valence-corrected chi connectivity index (χ3v) is 14.3. The lowest BCUT2D eigenvalue weighted by molar-refractivity contribution is 0.317. The van der Waals surface area contributed by atoms with Gasteiger partial charge in [0.2, 0.25) is 0 Å². The quantitative estimate of drug-likeness (QED) is 0.561. The third kappa shape index (κ3) is 6.29. The minimum absolute atomic E-state index is 0.955. The first-order valence-corrected chi connectivity index (χ1v) is 18.2. The van der Waals surface area contributed by atoms with Crippen molar-refractivity contribution in [2.24, 2.45) is 17.8 Å². The molecule has 0 radical (unpaired) electrons. The lowest BCUT2D eigenvalue weighted by Gasteiger charge is -2.39. The molecule has 0 N–H and O–H groups in total. The Labute approximate surface area is 135 Å². The second-order valence-electron chi connectivity index (χ2n) is 9.54. The highest BCUT2D eigenvalue weighted by molar-refractivity contribution is 6.87. The van der Waals surface area contributed by atoms with E-state index in [0.717, 1.165) is 17.8 Å². The molecule has 124 valence electrons. The summed E-state index contributed by atoms with van der Waals surface area (Å²) in [6, 6.07) is 1.21. The van der Waals surface area contributed by atoms with Gasteiger partial charge in [0.1, 0.15) is 0 Å². The molecule has 0 aromatic heterocycles. The van der Waals surface area contributed by atoms with Crippen molar-refractivity contribution in [3.05, 3.63) is 0 Å². The molecule has 5 heteroatoms. The van der Waals surface area contributed by atoms with Crippen LogP contribution in [-0.2, 0) is 8.23 Å². The van der Waals surface area contributed by atoms with Crippen molar-refractivity contribution in [3.8, 4) is 0 Å². The van der Waals surface area contributed by atoms with Gasteiger partial charge in [0, 0.05) is 0 Å². The molecule has 2 aliphatic rings. The summed E-state index contributed by atoms with van der Waals surface area (Å²) in [5, 5.41) is 0. The van der Waals surface area contributed by atoms with Crippen molar-refractivity contribution in [1.29, 1.82) is 0 Å². The fraction of sp³-hybridized carbons (Fsp3) is 1.00. The zero-order chi connectivity index (χ0) is 15.9. The van der Waals surface area contributed by atoms with E-state index in [1.165, 1.54) is 38.1 Å². The Kier molecular flexibility index (Phi) is 5.31. The molecule has 2 fully saturated rings. The molecule has 0 aromatic carbocycles. The van der Waals surface area contributed by atoms with Crippen LogP contribution in [0.1, 0.15) is 32.1 Å². The number of fused-ring (bicyclic) bond motifs is 1. The van der Waals surface area contributed by atoms with Gasteiger partial charge < -0.3 is 8.23 Å². The maximum Gasteiger partial charge on any atom is 0.314 e. The molecule has 2 aliphatic carbocycles. The molecule has 0 bridgehead atoms. The zero-order valence-electron chi connectivity index (χ0n) is 15.3. The Bertz CT molecular complexity index is 344. The molecule has 0 aliphatic heterocycles. The van der Waals surface area contributed by atoms with E-state index in [1.807, 2.05) is 0 Å². The van der Waals surface area contributed by atoms with Crippen LogP contribution >= 0.6 is 0 Å². The predicted molar refractivity (Wildman–Crippen MR) is 98.8 cm³/mol. The first-order valence-electron chi connectivity index (χ1n) is 8.86. The second kappa shape index (κ2) is 6.23. The number of rotatable bonds is 7. The Morgan fingerprint density at radius 2 is 1.33 bits per heavy atom. The van der Waals surface area contributed by atoms with E-state index >= 15 is 0 Å². The summed E-state index contributed by atoms with van der Waals surface area (Å²) in [6.07, 6.45) is 7.33. The Morgan fingerprint density at radius 1 is 0.762 bits per heavy atom. The Hall–Kier alpha value is 0.571. The summed E-state index contributed by atoms with van der Waals surface area (Å²) < 4.78 is 13.2. The fourth-order valence-corrected chi connectivity index (χ4v) is 16.7. The zero-order valence-corrected chi connectivity index (χ0v) is 18.3. The normalized spacial score (nSPS) is 30.1. The molecule has 2 nitrogen and oxygen atoms in total. The van der Waals surface area contributed by atoms with E-state index in [4.69, 9.17) is 8.23 Å². The number of hydrogen-bond donors (Lipinski definition) is 0. The molecular formula is C16H36O2Si3. The summed E-state index contributed by atoms with van der Waals surface area (Å²) in [5.74, 6) is 3.16. The molecule has 3 unspecified atom stereocenters. The average molecular weight is 345 g/mol. The van der Waals surface area contributed by atoms with Crippen LogP contribution in [0.3, 0.4) is 0 Å². The molecule has 0 saturated heterocycles. The van der Waals surface area contributed by atoms with Gasteiger partial charge in [-0.1, -0.05) is 6.42 Å². The Morgan fingerprint density at radius 3 is 1.81 bits per heavy atom. The van der Waals surface area contributed by atoms with Gasteiger partial charge in [-0.15, -0.1) is 0 Å².